The number of carbonyl (C=O) groups excluding carboxylic acids is 1. The maximum atomic E-state index is 13.1. The first-order valence-electron chi connectivity index (χ1n) is 11.0. The van der Waals surface area contributed by atoms with Crippen LogP contribution in [0.2, 0.25) is 0 Å². The van der Waals surface area contributed by atoms with Gasteiger partial charge >= 0.3 is 0 Å². The first-order valence-corrected chi connectivity index (χ1v) is 11.0. The average molecular weight is 400 g/mol. The number of benzene rings is 2. The monoisotopic (exact) mass is 399 g/mol. The molecule has 30 heavy (non-hydrogen) atoms. The molecule has 2 aliphatic rings. The highest BCUT2D eigenvalue weighted by molar-refractivity contribution is 5.99. The lowest BCUT2D eigenvalue weighted by atomic mass is 9.79. The van der Waals surface area contributed by atoms with Crippen LogP contribution in [-0.4, -0.2) is 34.4 Å². The van der Waals surface area contributed by atoms with Crippen LogP contribution in [0.3, 0.4) is 0 Å². The molecule has 1 aliphatic carbocycles. The van der Waals surface area contributed by atoms with E-state index in [0.717, 1.165) is 25.9 Å². The highest BCUT2D eigenvalue weighted by atomic mass is 16.2. The van der Waals surface area contributed by atoms with Crippen molar-refractivity contribution in [2.45, 2.75) is 45.3 Å². The maximum Gasteiger partial charge on any atom is 0.228 e. The lowest BCUT2D eigenvalue weighted by Gasteiger charge is -2.41. The van der Waals surface area contributed by atoms with Gasteiger partial charge in [0.25, 0.3) is 0 Å². The van der Waals surface area contributed by atoms with Crippen LogP contribution in [0, 0.1) is 5.92 Å². The summed E-state index contributed by atoms with van der Waals surface area (Å²) in [5.74, 6) is 0.00473. The normalized spacial score (nSPS) is 21.7. The van der Waals surface area contributed by atoms with E-state index in [-0.39, 0.29) is 17.9 Å². The molecule has 2 aromatic carbocycles. The summed E-state index contributed by atoms with van der Waals surface area (Å²) < 4.78 is 0. The largest absolute Gasteiger partial charge is 0.361 e. The van der Waals surface area contributed by atoms with Gasteiger partial charge in [-0.25, -0.2) is 0 Å². The van der Waals surface area contributed by atoms with Gasteiger partial charge in [-0.3, -0.25) is 9.69 Å². The van der Waals surface area contributed by atoms with Crippen LogP contribution in [0.25, 0.3) is 16.5 Å². The second-order valence-corrected chi connectivity index (χ2v) is 8.72. The smallest absolute Gasteiger partial charge is 0.228 e. The molecule has 4 heteroatoms. The Morgan fingerprint density at radius 1 is 1.20 bits per heavy atom. The molecule has 0 saturated carbocycles. The Kier molecular flexibility index (Phi) is 4.95. The van der Waals surface area contributed by atoms with Crippen molar-refractivity contribution in [2.24, 2.45) is 5.92 Å². The lowest BCUT2D eigenvalue weighted by Crippen LogP contribution is -2.49. The van der Waals surface area contributed by atoms with Gasteiger partial charge in [-0.15, -0.1) is 0 Å². The van der Waals surface area contributed by atoms with E-state index in [1.54, 1.807) is 0 Å². The van der Waals surface area contributed by atoms with E-state index in [2.05, 4.69) is 89.9 Å². The van der Waals surface area contributed by atoms with Crippen molar-refractivity contribution in [3.63, 3.8) is 0 Å². The van der Waals surface area contributed by atoms with Crippen molar-refractivity contribution < 1.29 is 4.79 Å². The molecule has 0 radical (unpaired) electrons. The van der Waals surface area contributed by atoms with Gasteiger partial charge in [0.1, 0.15) is 0 Å². The van der Waals surface area contributed by atoms with Crippen LogP contribution < -0.4 is 5.32 Å². The first-order chi connectivity index (χ1) is 14.6. The van der Waals surface area contributed by atoms with Gasteiger partial charge in [0.2, 0.25) is 5.91 Å². The van der Waals surface area contributed by atoms with Crippen LogP contribution >= 0.6 is 0 Å². The highest BCUT2D eigenvalue weighted by Gasteiger charge is 2.37. The van der Waals surface area contributed by atoms with Crippen molar-refractivity contribution in [1.82, 2.24) is 15.2 Å². The zero-order valence-electron chi connectivity index (χ0n) is 17.7. The minimum atomic E-state index is -0.135. The van der Waals surface area contributed by atoms with Gasteiger partial charge in [-0.2, -0.15) is 0 Å². The van der Waals surface area contributed by atoms with E-state index >= 15 is 0 Å². The summed E-state index contributed by atoms with van der Waals surface area (Å²) >= 11 is 0. The Labute approximate surface area is 178 Å². The van der Waals surface area contributed by atoms with Crippen molar-refractivity contribution in [3.05, 3.63) is 77.5 Å². The maximum absolute atomic E-state index is 13.1. The van der Waals surface area contributed by atoms with E-state index in [1.807, 2.05) is 0 Å². The molecule has 1 aliphatic heterocycles. The summed E-state index contributed by atoms with van der Waals surface area (Å²) in [6.07, 6.45) is 6.33. The molecule has 2 heterocycles. The molecule has 3 atom stereocenters. The van der Waals surface area contributed by atoms with Crippen molar-refractivity contribution in [3.8, 4) is 0 Å². The fourth-order valence-electron chi connectivity index (χ4n) is 4.93. The molecule has 3 aromatic rings. The zero-order valence-corrected chi connectivity index (χ0v) is 17.7. The van der Waals surface area contributed by atoms with E-state index in [9.17, 15) is 4.79 Å². The number of nitrogens with zero attached hydrogens (tertiary/aromatic N) is 1. The van der Waals surface area contributed by atoms with Gasteiger partial charge in [0, 0.05) is 42.3 Å². The summed E-state index contributed by atoms with van der Waals surface area (Å²) in [4.78, 5) is 19.0. The topological polar surface area (TPSA) is 48.1 Å². The number of rotatable bonds is 5. The second-order valence-electron chi connectivity index (χ2n) is 8.72. The van der Waals surface area contributed by atoms with E-state index in [0.29, 0.717) is 6.04 Å². The molecule has 1 amide bonds. The number of amides is 1. The van der Waals surface area contributed by atoms with Crippen LogP contribution in [0.4, 0.5) is 0 Å². The van der Waals surface area contributed by atoms with Crippen molar-refractivity contribution in [2.75, 3.05) is 6.54 Å². The predicted molar refractivity (Wildman–Crippen MR) is 122 cm³/mol. The Bertz CT molecular complexity index is 1100. The number of carbonyl (C=O) groups is 1. The van der Waals surface area contributed by atoms with Crippen LogP contribution in [0.5, 0.6) is 0 Å². The molecule has 0 bridgehead atoms. The molecule has 4 nitrogen and oxygen atoms in total. The molecule has 0 fully saturated rings. The summed E-state index contributed by atoms with van der Waals surface area (Å²) in [6, 6.07) is 17.6. The molecule has 5 rings (SSSR count). The predicted octanol–water partition coefficient (Wildman–Crippen LogP) is 4.52. The molecular formula is C26H29N3O. The van der Waals surface area contributed by atoms with Gasteiger partial charge in [0.05, 0.1) is 5.92 Å². The van der Waals surface area contributed by atoms with E-state index < -0.39 is 0 Å². The molecule has 1 aromatic heterocycles. The number of aromatic amines is 1. The second kappa shape index (κ2) is 7.77. The molecular weight excluding hydrogens is 370 g/mol. The standard InChI is InChI=1S/C26H29N3O/c1-3-17(2)28-26(30)20-12-22-21-10-7-11-23-25(21)19(14-27-23)13-24(22)29(16-20)15-18-8-5-4-6-9-18/h4-12,14,17,20,24,27H,3,13,15-16H2,1-2H3,(H,28,30)/t17-,20+,24-/m1/s1. The number of hydrogen-bond acceptors (Lipinski definition) is 2. The minimum Gasteiger partial charge on any atom is -0.361 e. The van der Waals surface area contributed by atoms with Crippen LogP contribution in [0.1, 0.15) is 37.0 Å². The van der Waals surface area contributed by atoms with Crippen LogP contribution in [0.15, 0.2) is 60.8 Å². The van der Waals surface area contributed by atoms with Crippen LogP contribution in [-0.2, 0) is 17.8 Å². The summed E-state index contributed by atoms with van der Waals surface area (Å²) in [6.45, 7) is 5.79. The van der Waals surface area contributed by atoms with Crippen molar-refractivity contribution in [1.29, 1.82) is 0 Å². The quantitative estimate of drug-likeness (QED) is 0.663. The highest BCUT2D eigenvalue weighted by Crippen LogP contribution is 2.41. The molecule has 154 valence electrons. The summed E-state index contributed by atoms with van der Waals surface area (Å²) in [5.41, 5.74) is 6.43. The fraction of sp³-hybridized carbons (Fsp3) is 0.346. The van der Waals surface area contributed by atoms with Gasteiger partial charge in [-0.05, 0) is 48.1 Å². The fourth-order valence-corrected chi connectivity index (χ4v) is 4.93. The van der Waals surface area contributed by atoms with Gasteiger partial charge < -0.3 is 10.3 Å². The molecule has 2 N–H and O–H groups in total. The van der Waals surface area contributed by atoms with Gasteiger partial charge in [0.15, 0.2) is 0 Å². The number of hydrogen-bond donors (Lipinski definition) is 2. The van der Waals surface area contributed by atoms with Gasteiger partial charge in [-0.1, -0.05) is 55.5 Å². The number of nitrogens with one attached hydrogen (secondary N) is 2. The number of H-pyrrole nitrogens is 1. The molecule has 0 unspecified atom stereocenters. The SMILES string of the molecule is CC[C@@H](C)NC(=O)[C@H]1C=C2c3cccc4[nH]cc(c34)C[C@H]2N(Cc2ccccc2)C1. The molecule has 0 saturated heterocycles. The Balaban J connectivity index is 1.55. The number of aromatic nitrogens is 1. The third kappa shape index (κ3) is 3.35. The Morgan fingerprint density at radius 3 is 2.83 bits per heavy atom. The third-order valence-electron chi connectivity index (χ3n) is 6.69. The first kappa shape index (κ1) is 19.1. The summed E-state index contributed by atoms with van der Waals surface area (Å²) in [5, 5.41) is 4.52. The third-order valence-corrected chi connectivity index (χ3v) is 6.69. The van der Waals surface area contributed by atoms with E-state index in [1.165, 1.54) is 33.2 Å². The Hall–Kier alpha value is -2.85. The number of fused-ring (bicyclic) bond motifs is 2. The lowest BCUT2D eigenvalue weighted by molar-refractivity contribution is -0.125. The van der Waals surface area contributed by atoms with E-state index in [4.69, 9.17) is 0 Å². The summed E-state index contributed by atoms with van der Waals surface area (Å²) in [7, 11) is 0. The average Bonchev–Trinajstić information content (AvgIpc) is 3.19. The minimum absolute atomic E-state index is 0.135. The molecule has 0 spiro atoms. The van der Waals surface area contributed by atoms with Crippen molar-refractivity contribution >= 4 is 22.4 Å². The zero-order chi connectivity index (χ0) is 20.7. The Morgan fingerprint density at radius 2 is 2.03 bits per heavy atom.